The fourth-order valence-corrected chi connectivity index (χ4v) is 3.84. The lowest BCUT2D eigenvalue weighted by Gasteiger charge is -2.23. The Bertz CT molecular complexity index is 553. The van der Waals surface area contributed by atoms with Crippen molar-refractivity contribution >= 4 is 12.3 Å². The third-order valence-corrected chi connectivity index (χ3v) is 4.62. The van der Waals surface area contributed by atoms with Crippen LogP contribution in [0.25, 0.3) is 0 Å². The topological polar surface area (TPSA) is 52.6 Å². The molecule has 3 fully saturated rings. The molecule has 0 amide bonds. The molecule has 1 aromatic rings. The zero-order chi connectivity index (χ0) is 13.0. The van der Waals surface area contributed by atoms with Crippen molar-refractivity contribution in [3.05, 3.63) is 35.4 Å². The summed E-state index contributed by atoms with van der Waals surface area (Å²) in [5, 5.41) is 0. The molecule has 4 heteroatoms. The summed E-state index contributed by atoms with van der Waals surface area (Å²) in [6, 6.07) is 7.32. The summed E-state index contributed by atoms with van der Waals surface area (Å²) >= 11 is 0. The fraction of sp³-hybridized carbons (Fsp3) is 0.467. The van der Waals surface area contributed by atoms with Crippen LogP contribution < -0.4 is 0 Å². The maximum atomic E-state index is 12.0. The van der Waals surface area contributed by atoms with E-state index in [0.717, 1.165) is 24.7 Å². The first-order chi connectivity index (χ1) is 9.29. The van der Waals surface area contributed by atoms with Gasteiger partial charge in [0.15, 0.2) is 0 Å². The first-order valence-electron chi connectivity index (χ1n) is 6.69. The molecule has 4 rings (SSSR count). The monoisotopic (exact) mass is 258 g/mol. The molecule has 1 unspecified atom stereocenters. The van der Waals surface area contributed by atoms with Gasteiger partial charge in [-0.25, -0.2) is 0 Å². The number of hydrogen-bond donors (Lipinski definition) is 0. The predicted octanol–water partition coefficient (Wildman–Crippen LogP) is 1.89. The molecule has 19 heavy (non-hydrogen) atoms. The molecule has 0 aromatic heterocycles. The molecule has 98 valence electrons. The lowest BCUT2D eigenvalue weighted by molar-refractivity contribution is -0.147. The van der Waals surface area contributed by atoms with Gasteiger partial charge >= 0.3 is 5.97 Å². The number of esters is 1. The van der Waals surface area contributed by atoms with Gasteiger partial charge in [0.1, 0.15) is 12.4 Å². The molecule has 0 aliphatic carbocycles. The standard InChI is InChI=1S/C15H14O4/c16-7-8-3-1-2-4-9(8)14-12-10-5-6-11(18-10)13(12)15(17)19-14/h1-4,7,10-14H,5-6H2/t10-,11+,12-,13+,14?/m1/s1. The molecule has 0 saturated carbocycles. The Kier molecular flexibility index (Phi) is 2.30. The van der Waals surface area contributed by atoms with Crippen LogP contribution in [0.4, 0.5) is 0 Å². The van der Waals surface area contributed by atoms with Gasteiger partial charge < -0.3 is 9.47 Å². The lowest BCUT2D eigenvalue weighted by atomic mass is 9.76. The number of carbonyl (C=O) groups excluding carboxylic acids is 2. The molecule has 2 bridgehead atoms. The largest absolute Gasteiger partial charge is 0.457 e. The van der Waals surface area contributed by atoms with Gasteiger partial charge in [0.05, 0.1) is 18.1 Å². The molecule has 3 aliphatic heterocycles. The highest BCUT2D eigenvalue weighted by molar-refractivity contribution is 5.80. The minimum Gasteiger partial charge on any atom is -0.457 e. The van der Waals surface area contributed by atoms with Crippen molar-refractivity contribution in [2.24, 2.45) is 11.8 Å². The second-order valence-electron chi connectivity index (χ2n) is 5.50. The summed E-state index contributed by atoms with van der Waals surface area (Å²) in [6.07, 6.45) is 2.56. The molecule has 3 aliphatic rings. The zero-order valence-electron chi connectivity index (χ0n) is 10.3. The Hall–Kier alpha value is -1.68. The Balaban J connectivity index is 1.76. The molecule has 5 atom stereocenters. The molecule has 0 spiro atoms. The highest BCUT2D eigenvalue weighted by Gasteiger charge is 2.61. The minimum atomic E-state index is -0.325. The van der Waals surface area contributed by atoms with Crippen molar-refractivity contribution in [2.75, 3.05) is 0 Å². The van der Waals surface area contributed by atoms with E-state index in [4.69, 9.17) is 9.47 Å². The summed E-state index contributed by atoms with van der Waals surface area (Å²) < 4.78 is 11.4. The maximum absolute atomic E-state index is 12.0. The summed E-state index contributed by atoms with van der Waals surface area (Å²) in [6.45, 7) is 0. The van der Waals surface area contributed by atoms with Crippen molar-refractivity contribution in [3.8, 4) is 0 Å². The van der Waals surface area contributed by atoms with E-state index in [0.29, 0.717) is 5.56 Å². The normalized spacial score (nSPS) is 39.2. The quantitative estimate of drug-likeness (QED) is 0.600. The van der Waals surface area contributed by atoms with Gasteiger partial charge in [-0.2, -0.15) is 0 Å². The van der Waals surface area contributed by atoms with E-state index >= 15 is 0 Å². The molecular formula is C15H14O4. The molecule has 0 radical (unpaired) electrons. The van der Waals surface area contributed by atoms with Crippen molar-refractivity contribution in [3.63, 3.8) is 0 Å². The van der Waals surface area contributed by atoms with E-state index < -0.39 is 0 Å². The summed E-state index contributed by atoms with van der Waals surface area (Å²) in [4.78, 5) is 23.2. The number of carbonyl (C=O) groups is 2. The van der Waals surface area contributed by atoms with Gasteiger partial charge in [0.2, 0.25) is 0 Å². The SMILES string of the molecule is O=Cc1ccccc1C1OC(=O)[C@@H]2[C@H]1[C@H]1CC[C@@H]2O1. The van der Waals surface area contributed by atoms with Crippen LogP contribution in [0.2, 0.25) is 0 Å². The van der Waals surface area contributed by atoms with E-state index in [1.165, 1.54) is 0 Å². The van der Waals surface area contributed by atoms with Crippen LogP contribution in [-0.2, 0) is 14.3 Å². The fourth-order valence-electron chi connectivity index (χ4n) is 3.84. The van der Waals surface area contributed by atoms with Crippen molar-refractivity contribution in [1.82, 2.24) is 0 Å². The first kappa shape index (κ1) is 11.2. The van der Waals surface area contributed by atoms with E-state index in [-0.39, 0.29) is 36.1 Å². The van der Waals surface area contributed by atoms with Crippen molar-refractivity contribution in [2.45, 2.75) is 31.2 Å². The van der Waals surface area contributed by atoms with Crippen LogP contribution in [0.1, 0.15) is 34.9 Å². The average Bonchev–Trinajstić information content (AvgIpc) is 3.12. The smallest absolute Gasteiger partial charge is 0.312 e. The number of ether oxygens (including phenoxy) is 2. The average molecular weight is 258 g/mol. The maximum Gasteiger partial charge on any atom is 0.312 e. The molecule has 0 N–H and O–H groups in total. The highest BCUT2D eigenvalue weighted by Crippen LogP contribution is 2.54. The number of fused-ring (bicyclic) bond motifs is 5. The summed E-state index contributed by atoms with van der Waals surface area (Å²) in [5.74, 6) is -0.223. The van der Waals surface area contributed by atoms with Gasteiger partial charge in [-0.1, -0.05) is 24.3 Å². The van der Waals surface area contributed by atoms with Crippen LogP contribution in [-0.4, -0.2) is 24.5 Å². The molecule has 3 heterocycles. The van der Waals surface area contributed by atoms with Crippen LogP contribution >= 0.6 is 0 Å². The number of cyclic esters (lactones) is 1. The van der Waals surface area contributed by atoms with Gasteiger partial charge in [0, 0.05) is 17.0 Å². The Morgan fingerprint density at radius 1 is 1.16 bits per heavy atom. The lowest BCUT2D eigenvalue weighted by Crippen LogP contribution is -2.28. The van der Waals surface area contributed by atoms with Gasteiger partial charge in [-0.05, 0) is 12.8 Å². The van der Waals surface area contributed by atoms with Crippen LogP contribution in [0.15, 0.2) is 24.3 Å². The van der Waals surface area contributed by atoms with E-state index in [1.54, 1.807) is 6.07 Å². The van der Waals surface area contributed by atoms with Gasteiger partial charge in [-0.15, -0.1) is 0 Å². The molecular weight excluding hydrogens is 244 g/mol. The second kappa shape index (κ2) is 3.90. The van der Waals surface area contributed by atoms with Gasteiger partial charge in [0.25, 0.3) is 0 Å². The Morgan fingerprint density at radius 3 is 2.79 bits per heavy atom. The van der Waals surface area contributed by atoms with Crippen LogP contribution in [0.5, 0.6) is 0 Å². The van der Waals surface area contributed by atoms with Gasteiger partial charge in [-0.3, -0.25) is 9.59 Å². The number of hydrogen-bond acceptors (Lipinski definition) is 4. The third-order valence-electron chi connectivity index (χ3n) is 4.62. The molecule has 4 nitrogen and oxygen atoms in total. The van der Waals surface area contributed by atoms with E-state index in [1.807, 2.05) is 18.2 Å². The molecule has 1 aromatic carbocycles. The van der Waals surface area contributed by atoms with E-state index in [2.05, 4.69) is 0 Å². The summed E-state index contributed by atoms with van der Waals surface area (Å²) in [7, 11) is 0. The van der Waals surface area contributed by atoms with Crippen LogP contribution in [0, 0.1) is 11.8 Å². The number of benzene rings is 1. The minimum absolute atomic E-state index is 0.0240. The third kappa shape index (κ3) is 1.43. The number of rotatable bonds is 2. The van der Waals surface area contributed by atoms with Crippen molar-refractivity contribution in [1.29, 1.82) is 0 Å². The molecule has 3 saturated heterocycles. The van der Waals surface area contributed by atoms with Crippen molar-refractivity contribution < 1.29 is 19.1 Å². The Morgan fingerprint density at radius 2 is 1.95 bits per heavy atom. The highest BCUT2D eigenvalue weighted by atomic mass is 16.6. The predicted molar refractivity (Wildman–Crippen MR) is 65.5 cm³/mol. The second-order valence-corrected chi connectivity index (χ2v) is 5.50. The number of aldehydes is 1. The Labute approximate surface area is 110 Å². The van der Waals surface area contributed by atoms with E-state index in [9.17, 15) is 9.59 Å². The first-order valence-corrected chi connectivity index (χ1v) is 6.69. The van der Waals surface area contributed by atoms with Crippen LogP contribution in [0.3, 0.4) is 0 Å². The summed E-state index contributed by atoms with van der Waals surface area (Å²) in [5.41, 5.74) is 1.42. The zero-order valence-corrected chi connectivity index (χ0v) is 10.3.